The van der Waals surface area contributed by atoms with Crippen LogP contribution in [0.5, 0.6) is 0 Å². The molecule has 0 rings (SSSR count). The van der Waals surface area contributed by atoms with Crippen molar-refractivity contribution in [3.05, 3.63) is 134 Å². The number of esters is 3. The number of hydrogen-bond acceptors (Lipinski definition) is 6. The monoisotopic (exact) mass is 981 g/mol. The molecule has 1 atom stereocenters. The summed E-state index contributed by atoms with van der Waals surface area (Å²) in [5.74, 6) is -0.960. The number of carbonyl (C=O) groups excluding carboxylic acids is 3. The summed E-state index contributed by atoms with van der Waals surface area (Å²) in [5, 5.41) is 0. The maximum absolute atomic E-state index is 12.8. The number of unbranched alkanes of at least 4 members (excludes halogenated alkanes) is 17. The first-order chi connectivity index (χ1) is 35.0. The minimum absolute atomic E-state index is 0.102. The van der Waals surface area contributed by atoms with E-state index in [1.54, 1.807) is 0 Å². The van der Waals surface area contributed by atoms with Crippen molar-refractivity contribution in [2.24, 2.45) is 0 Å². The molecule has 0 spiro atoms. The molecule has 0 aromatic heterocycles. The van der Waals surface area contributed by atoms with Crippen LogP contribution in [0.4, 0.5) is 0 Å². The van der Waals surface area contributed by atoms with Gasteiger partial charge in [0.05, 0.1) is 0 Å². The van der Waals surface area contributed by atoms with Gasteiger partial charge in [-0.25, -0.2) is 0 Å². The van der Waals surface area contributed by atoms with Crippen LogP contribution in [0.1, 0.15) is 239 Å². The molecule has 0 saturated carbocycles. The fourth-order valence-electron chi connectivity index (χ4n) is 7.44. The van der Waals surface area contributed by atoms with E-state index in [0.29, 0.717) is 19.3 Å². The van der Waals surface area contributed by atoms with E-state index in [1.807, 2.05) is 0 Å². The van der Waals surface area contributed by atoms with Crippen molar-refractivity contribution in [1.29, 1.82) is 0 Å². The minimum atomic E-state index is -0.807. The Bertz CT molecular complexity index is 1550. The summed E-state index contributed by atoms with van der Waals surface area (Å²) >= 11 is 0. The molecule has 0 saturated heterocycles. The van der Waals surface area contributed by atoms with Gasteiger partial charge in [-0.1, -0.05) is 225 Å². The molecular formula is C65H104O6. The molecule has 1 unspecified atom stereocenters. The number of rotatable bonds is 50. The largest absolute Gasteiger partial charge is 0.462 e. The number of allylic oxidation sites excluding steroid dienone is 22. The van der Waals surface area contributed by atoms with E-state index >= 15 is 0 Å². The van der Waals surface area contributed by atoms with Gasteiger partial charge in [0, 0.05) is 19.3 Å². The molecular weight excluding hydrogens is 877 g/mol. The SMILES string of the molecule is CC/C=C\C/C=C\C/C=C\C/C=C\C/C=C\CCCCCCCCCCCC(=O)OCC(COC(=O)CCCCC/C=C\C/C=C\C/C=C\CC)OC(=O)CCCCCCC/C=C\C/C=C\C/C=C\CC. The van der Waals surface area contributed by atoms with Gasteiger partial charge in [0.25, 0.3) is 0 Å². The Morgan fingerprint density at radius 3 is 0.803 bits per heavy atom. The zero-order valence-corrected chi connectivity index (χ0v) is 45.7. The molecule has 0 bridgehead atoms. The van der Waals surface area contributed by atoms with Crippen LogP contribution >= 0.6 is 0 Å². The van der Waals surface area contributed by atoms with Crippen molar-refractivity contribution in [2.75, 3.05) is 13.2 Å². The molecule has 0 aliphatic heterocycles. The van der Waals surface area contributed by atoms with E-state index in [1.165, 1.54) is 38.5 Å². The topological polar surface area (TPSA) is 78.9 Å². The van der Waals surface area contributed by atoms with Gasteiger partial charge >= 0.3 is 17.9 Å². The Hall–Kier alpha value is -4.45. The maximum atomic E-state index is 12.8. The third kappa shape index (κ3) is 56.3. The fraction of sp³-hybridized carbons (Fsp3) is 0.615. The standard InChI is InChI=1S/C65H104O6/c1-4-7-10-13-16-19-22-25-27-28-29-30-31-32-33-34-35-36-38-40-43-46-49-52-55-58-64(67)70-61-62(60-69-63(66)57-54-51-48-45-42-39-24-21-18-15-12-9-6-3)71-65(68)59-56-53-50-47-44-41-37-26-23-20-17-14-11-8-5-2/h7-12,16-21,25-27,29-30,32-33,37,39,42,62H,4-6,13-15,22-24,28,31,34-36,38,40-41,43-61H2,1-3H3/b10-7-,11-8-,12-9-,19-16-,20-17-,21-18-,27-25-,30-29-,33-32-,37-26-,42-39-. The van der Waals surface area contributed by atoms with Gasteiger partial charge in [-0.15, -0.1) is 0 Å². The van der Waals surface area contributed by atoms with Gasteiger partial charge < -0.3 is 14.2 Å². The highest BCUT2D eigenvalue weighted by molar-refractivity contribution is 5.71. The second-order valence-electron chi connectivity index (χ2n) is 18.4. The van der Waals surface area contributed by atoms with Crippen LogP contribution in [0, 0.1) is 0 Å². The number of carbonyl (C=O) groups is 3. The third-order valence-corrected chi connectivity index (χ3v) is 11.6. The third-order valence-electron chi connectivity index (χ3n) is 11.6. The Labute approximate surface area is 436 Å². The van der Waals surface area contributed by atoms with Gasteiger partial charge in [0.2, 0.25) is 0 Å². The molecule has 6 heteroatoms. The Morgan fingerprint density at radius 1 is 0.282 bits per heavy atom. The van der Waals surface area contributed by atoms with Crippen LogP contribution < -0.4 is 0 Å². The first-order valence-electron chi connectivity index (χ1n) is 28.7. The minimum Gasteiger partial charge on any atom is -0.462 e. The second kappa shape index (κ2) is 58.1. The van der Waals surface area contributed by atoms with Gasteiger partial charge in [0.15, 0.2) is 6.10 Å². The van der Waals surface area contributed by atoms with Crippen LogP contribution in [0.25, 0.3) is 0 Å². The Morgan fingerprint density at radius 2 is 0.507 bits per heavy atom. The summed E-state index contributed by atoms with van der Waals surface area (Å²) in [5.41, 5.74) is 0. The first-order valence-corrected chi connectivity index (χ1v) is 28.7. The summed E-state index contributed by atoms with van der Waals surface area (Å²) in [6.07, 6.45) is 81.6. The normalized spacial score (nSPS) is 13.1. The lowest BCUT2D eigenvalue weighted by Crippen LogP contribution is -2.30. The summed E-state index contributed by atoms with van der Waals surface area (Å²) in [7, 11) is 0. The van der Waals surface area contributed by atoms with E-state index in [9.17, 15) is 14.4 Å². The lowest BCUT2D eigenvalue weighted by Gasteiger charge is -2.18. The van der Waals surface area contributed by atoms with Crippen molar-refractivity contribution in [1.82, 2.24) is 0 Å². The highest BCUT2D eigenvalue weighted by Gasteiger charge is 2.19. The van der Waals surface area contributed by atoms with Gasteiger partial charge in [0.1, 0.15) is 13.2 Å². The van der Waals surface area contributed by atoms with Crippen LogP contribution in [0.2, 0.25) is 0 Å². The fourth-order valence-corrected chi connectivity index (χ4v) is 7.44. The molecule has 0 heterocycles. The van der Waals surface area contributed by atoms with Crippen LogP contribution in [-0.2, 0) is 28.6 Å². The van der Waals surface area contributed by atoms with Crippen LogP contribution in [0.3, 0.4) is 0 Å². The molecule has 0 aromatic rings. The van der Waals surface area contributed by atoms with Gasteiger partial charge in [-0.2, -0.15) is 0 Å². The first kappa shape index (κ1) is 66.6. The Balaban J connectivity index is 4.38. The van der Waals surface area contributed by atoms with E-state index in [0.717, 1.165) is 161 Å². The molecule has 0 N–H and O–H groups in total. The van der Waals surface area contributed by atoms with Crippen molar-refractivity contribution in [3.8, 4) is 0 Å². The lowest BCUT2D eigenvalue weighted by molar-refractivity contribution is -0.167. The highest BCUT2D eigenvalue weighted by Crippen LogP contribution is 2.14. The molecule has 6 nitrogen and oxygen atoms in total. The van der Waals surface area contributed by atoms with E-state index in [4.69, 9.17) is 14.2 Å². The molecule has 0 amide bonds. The predicted molar refractivity (Wildman–Crippen MR) is 306 cm³/mol. The van der Waals surface area contributed by atoms with Crippen molar-refractivity contribution < 1.29 is 28.6 Å². The van der Waals surface area contributed by atoms with Crippen molar-refractivity contribution in [2.45, 2.75) is 245 Å². The summed E-state index contributed by atoms with van der Waals surface area (Å²) in [6, 6.07) is 0. The maximum Gasteiger partial charge on any atom is 0.306 e. The molecule has 0 fully saturated rings. The number of hydrogen-bond donors (Lipinski definition) is 0. The molecule has 0 radical (unpaired) electrons. The summed E-state index contributed by atoms with van der Waals surface area (Å²) < 4.78 is 16.8. The zero-order valence-electron chi connectivity index (χ0n) is 45.7. The second-order valence-corrected chi connectivity index (χ2v) is 18.4. The summed E-state index contributed by atoms with van der Waals surface area (Å²) in [4.78, 5) is 38.1. The average Bonchev–Trinajstić information content (AvgIpc) is 3.37. The van der Waals surface area contributed by atoms with Gasteiger partial charge in [-0.05, 0) is 128 Å². The van der Waals surface area contributed by atoms with Crippen LogP contribution in [0.15, 0.2) is 134 Å². The van der Waals surface area contributed by atoms with Crippen molar-refractivity contribution in [3.63, 3.8) is 0 Å². The van der Waals surface area contributed by atoms with E-state index in [-0.39, 0.29) is 31.1 Å². The van der Waals surface area contributed by atoms with Crippen LogP contribution in [-0.4, -0.2) is 37.2 Å². The smallest absolute Gasteiger partial charge is 0.306 e. The summed E-state index contributed by atoms with van der Waals surface area (Å²) in [6.45, 7) is 6.24. The lowest BCUT2D eigenvalue weighted by atomic mass is 10.1. The molecule has 0 aliphatic carbocycles. The quantitative estimate of drug-likeness (QED) is 0.0262. The van der Waals surface area contributed by atoms with E-state index in [2.05, 4.69) is 154 Å². The predicted octanol–water partition coefficient (Wildman–Crippen LogP) is 19.4. The molecule has 0 aromatic carbocycles. The zero-order chi connectivity index (χ0) is 51.4. The molecule has 400 valence electrons. The van der Waals surface area contributed by atoms with Crippen molar-refractivity contribution >= 4 is 17.9 Å². The Kier molecular flexibility index (Phi) is 54.5. The van der Waals surface area contributed by atoms with E-state index < -0.39 is 6.10 Å². The van der Waals surface area contributed by atoms with Gasteiger partial charge in [-0.3, -0.25) is 14.4 Å². The molecule has 71 heavy (non-hydrogen) atoms. The highest BCUT2D eigenvalue weighted by atomic mass is 16.6. The number of ether oxygens (including phenoxy) is 3. The average molecular weight is 982 g/mol. The molecule has 0 aliphatic rings.